The summed E-state index contributed by atoms with van der Waals surface area (Å²) in [5.74, 6) is 0.820. The molecule has 0 aliphatic rings. The average molecular weight is 384 g/mol. The van der Waals surface area contributed by atoms with Crippen LogP contribution in [0.4, 0.5) is 0 Å². The molecule has 0 unspecified atom stereocenters. The minimum atomic E-state index is -0.466. The maximum atomic E-state index is 12.2. The molecule has 0 heterocycles. The van der Waals surface area contributed by atoms with Crippen molar-refractivity contribution >= 4 is 17.9 Å². The molecule has 0 radical (unpaired) electrons. The van der Waals surface area contributed by atoms with Crippen LogP contribution >= 0.6 is 0 Å². The summed E-state index contributed by atoms with van der Waals surface area (Å²) in [5, 5.41) is 0. The monoisotopic (exact) mass is 384 g/mol. The molecular formula is C21H24N2O5. The van der Waals surface area contributed by atoms with Gasteiger partial charge < -0.3 is 14.2 Å². The molecule has 0 fully saturated rings. The summed E-state index contributed by atoms with van der Waals surface area (Å²) in [6, 6.07) is 12.0. The van der Waals surface area contributed by atoms with Crippen LogP contribution in [0.2, 0.25) is 0 Å². The lowest BCUT2D eigenvalue weighted by molar-refractivity contribution is -0.117. The molecule has 0 saturated heterocycles. The molecule has 7 nitrogen and oxygen atoms in total. The molecule has 2 aromatic rings. The van der Waals surface area contributed by atoms with E-state index < -0.39 is 11.8 Å². The van der Waals surface area contributed by atoms with Crippen LogP contribution in [-0.4, -0.2) is 32.6 Å². The standard InChI is InChI=1S/C21H24N2O5/c1-4-13-28-18-11-8-16(14-19(18)27-3)21(25)23-22-20(24)12-7-15-5-9-17(26-2)10-6-15/h5-12,14H,4,13H2,1-3H3,(H,22,24)(H,23,25)/b12-7+. The first-order chi connectivity index (χ1) is 13.6. The third kappa shape index (κ3) is 6.05. The topological polar surface area (TPSA) is 85.9 Å². The van der Waals surface area contributed by atoms with Crippen molar-refractivity contribution in [2.24, 2.45) is 0 Å². The minimum Gasteiger partial charge on any atom is -0.497 e. The summed E-state index contributed by atoms with van der Waals surface area (Å²) in [5.41, 5.74) is 5.86. The summed E-state index contributed by atoms with van der Waals surface area (Å²) in [6.07, 6.45) is 3.82. The van der Waals surface area contributed by atoms with Gasteiger partial charge in [-0.3, -0.25) is 20.4 Å². The molecule has 2 N–H and O–H groups in total. The van der Waals surface area contributed by atoms with E-state index in [0.29, 0.717) is 23.7 Å². The SMILES string of the molecule is CCCOc1ccc(C(=O)NNC(=O)/C=C/c2ccc(OC)cc2)cc1OC. The number of hydrogen-bond acceptors (Lipinski definition) is 5. The number of amides is 2. The van der Waals surface area contributed by atoms with Crippen molar-refractivity contribution in [2.75, 3.05) is 20.8 Å². The molecule has 2 aromatic carbocycles. The zero-order valence-corrected chi connectivity index (χ0v) is 16.2. The first-order valence-corrected chi connectivity index (χ1v) is 8.80. The molecule has 2 amide bonds. The van der Waals surface area contributed by atoms with Gasteiger partial charge in [0.05, 0.1) is 20.8 Å². The Bertz CT molecular complexity index is 831. The highest BCUT2D eigenvalue weighted by Gasteiger charge is 2.11. The molecule has 0 bridgehead atoms. The zero-order chi connectivity index (χ0) is 20.4. The van der Waals surface area contributed by atoms with E-state index in [1.807, 2.05) is 19.1 Å². The van der Waals surface area contributed by atoms with E-state index in [2.05, 4.69) is 10.9 Å². The third-order valence-electron chi connectivity index (χ3n) is 3.73. The summed E-state index contributed by atoms with van der Waals surface area (Å²) in [4.78, 5) is 24.1. The normalized spacial score (nSPS) is 10.4. The van der Waals surface area contributed by atoms with Gasteiger partial charge in [0.15, 0.2) is 11.5 Å². The number of methoxy groups -OCH3 is 2. The third-order valence-corrected chi connectivity index (χ3v) is 3.73. The van der Waals surface area contributed by atoms with Gasteiger partial charge in [0.2, 0.25) is 0 Å². The zero-order valence-electron chi connectivity index (χ0n) is 16.2. The summed E-state index contributed by atoms with van der Waals surface area (Å²) >= 11 is 0. The Morgan fingerprint density at radius 2 is 1.71 bits per heavy atom. The van der Waals surface area contributed by atoms with E-state index >= 15 is 0 Å². The molecule has 0 aromatic heterocycles. The van der Waals surface area contributed by atoms with Crippen molar-refractivity contribution in [1.82, 2.24) is 10.9 Å². The van der Waals surface area contributed by atoms with Crippen LogP contribution in [0.1, 0.15) is 29.3 Å². The highest BCUT2D eigenvalue weighted by molar-refractivity contribution is 5.98. The first-order valence-electron chi connectivity index (χ1n) is 8.80. The minimum absolute atomic E-state index is 0.333. The number of rotatable bonds is 8. The fourth-order valence-corrected chi connectivity index (χ4v) is 2.26. The molecular weight excluding hydrogens is 360 g/mol. The van der Waals surface area contributed by atoms with E-state index in [1.165, 1.54) is 13.2 Å². The fraction of sp³-hybridized carbons (Fsp3) is 0.238. The fourth-order valence-electron chi connectivity index (χ4n) is 2.26. The van der Waals surface area contributed by atoms with Crippen LogP contribution in [0, 0.1) is 0 Å². The molecule has 0 atom stereocenters. The molecule has 0 saturated carbocycles. The number of benzene rings is 2. The predicted octanol–water partition coefficient (Wildman–Crippen LogP) is 2.97. The predicted molar refractivity (Wildman–Crippen MR) is 106 cm³/mol. The van der Waals surface area contributed by atoms with Crippen molar-refractivity contribution < 1.29 is 23.8 Å². The van der Waals surface area contributed by atoms with Crippen molar-refractivity contribution in [3.63, 3.8) is 0 Å². The van der Waals surface area contributed by atoms with Crippen LogP contribution in [0.5, 0.6) is 17.2 Å². The quantitative estimate of drug-likeness (QED) is 0.540. The van der Waals surface area contributed by atoms with E-state index in [0.717, 1.165) is 17.7 Å². The van der Waals surface area contributed by atoms with E-state index in [4.69, 9.17) is 14.2 Å². The molecule has 2 rings (SSSR count). The van der Waals surface area contributed by atoms with E-state index in [-0.39, 0.29) is 0 Å². The van der Waals surface area contributed by atoms with Crippen LogP contribution < -0.4 is 25.1 Å². The highest BCUT2D eigenvalue weighted by atomic mass is 16.5. The van der Waals surface area contributed by atoms with E-state index in [9.17, 15) is 9.59 Å². The Morgan fingerprint density at radius 3 is 2.36 bits per heavy atom. The molecule has 0 spiro atoms. The summed E-state index contributed by atoms with van der Waals surface area (Å²) in [6.45, 7) is 2.55. The van der Waals surface area contributed by atoms with E-state index in [1.54, 1.807) is 43.5 Å². The Labute approximate surface area is 164 Å². The second-order valence-electron chi connectivity index (χ2n) is 5.76. The van der Waals surface area contributed by atoms with Gasteiger partial charge in [-0.15, -0.1) is 0 Å². The highest BCUT2D eigenvalue weighted by Crippen LogP contribution is 2.28. The van der Waals surface area contributed by atoms with Crippen molar-refractivity contribution in [2.45, 2.75) is 13.3 Å². The van der Waals surface area contributed by atoms with Gasteiger partial charge in [0.25, 0.3) is 11.8 Å². The average Bonchev–Trinajstić information content (AvgIpc) is 2.74. The molecule has 0 aliphatic carbocycles. The van der Waals surface area contributed by atoms with Gasteiger partial charge >= 0.3 is 0 Å². The second-order valence-corrected chi connectivity index (χ2v) is 5.76. The van der Waals surface area contributed by atoms with Crippen molar-refractivity contribution in [3.8, 4) is 17.2 Å². The largest absolute Gasteiger partial charge is 0.497 e. The van der Waals surface area contributed by atoms with Gasteiger partial charge in [-0.2, -0.15) is 0 Å². The molecule has 7 heteroatoms. The lowest BCUT2D eigenvalue weighted by Crippen LogP contribution is -2.40. The van der Waals surface area contributed by atoms with Crippen LogP contribution in [0.3, 0.4) is 0 Å². The summed E-state index contributed by atoms with van der Waals surface area (Å²) in [7, 11) is 3.09. The number of ether oxygens (including phenoxy) is 3. The van der Waals surface area contributed by atoms with Gasteiger partial charge in [-0.1, -0.05) is 19.1 Å². The van der Waals surface area contributed by atoms with Crippen LogP contribution in [-0.2, 0) is 4.79 Å². The van der Waals surface area contributed by atoms with Gasteiger partial charge in [0, 0.05) is 11.6 Å². The maximum absolute atomic E-state index is 12.2. The number of nitrogens with one attached hydrogen (secondary N) is 2. The van der Waals surface area contributed by atoms with Crippen molar-refractivity contribution in [1.29, 1.82) is 0 Å². The second kappa shape index (κ2) is 10.6. The smallest absolute Gasteiger partial charge is 0.269 e. The summed E-state index contributed by atoms with van der Waals surface area (Å²) < 4.78 is 15.9. The number of carbonyl (C=O) groups is 2. The van der Waals surface area contributed by atoms with Crippen LogP contribution in [0.25, 0.3) is 6.08 Å². The number of hydrogen-bond donors (Lipinski definition) is 2. The number of hydrazine groups is 1. The maximum Gasteiger partial charge on any atom is 0.269 e. The number of carbonyl (C=O) groups excluding carboxylic acids is 2. The van der Waals surface area contributed by atoms with Crippen molar-refractivity contribution in [3.05, 3.63) is 59.7 Å². The van der Waals surface area contributed by atoms with Crippen LogP contribution in [0.15, 0.2) is 48.5 Å². The first kappa shape index (κ1) is 20.8. The van der Waals surface area contributed by atoms with Gasteiger partial charge in [-0.25, -0.2) is 0 Å². The lowest BCUT2D eigenvalue weighted by atomic mass is 10.2. The Hall–Kier alpha value is -3.48. The Kier molecular flexibility index (Phi) is 7.90. The van der Waals surface area contributed by atoms with Gasteiger partial charge in [0.1, 0.15) is 5.75 Å². The molecule has 148 valence electrons. The Morgan fingerprint density at radius 1 is 0.964 bits per heavy atom. The molecule has 28 heavy (non-hydrogen) atoms. The van der Waals surface area contributed by atoms with Gasteiger partial charge in [-0.05, 0) is 48.4 Å². The Balaban J connectivity index is 1.91. The molecule has 0 aliphatic heterocycles. The lowest BCUT2D eigenvalue weighted by Gasteiger charge is -2.12.